The molecule has 0 aliphatic heterocycles. The highest BCUT2D eigenvalue weighted by Gasteiger charge is 2.04. The number of hydrazone groups is 2. The predicted molar refractivity (Wildman–Crippen MR) is 133 cm³/mol. The second kappa shape index (κ2) is 13.1. The minimum Gasteiger partial charge on any atom is -0.273 e. The number of nitrogens with zero attached hydrogens (tertiary/aromatic N) is 2. The molecule has 0 unspecified atom stereocenters. The van der Waals surface area contributed by atoms with Crippen LogP contribution in [0.3, 0.4) is 0 Å². The molecule has 2 rings (SSSR count). The molecular weight excluding hydrogens is 552 g/mol. The molecule has 0 saturated carbocycles. The average molecular weight is 576 g/mol. The minimum atomic E-state index is -0.0962. The van der Waals surface area contributed by atoms with E-state index >= 15 is 0 Å². The van der Waals surface area contributed by atoms with Crippen LogP contribution in [0.25, 0.3) is 0 Å². The minimum absolute atomic E-state index is 0.0962. The van der Waals surface area contributed by atoms with Gasteiger partial charge in [-0.05, 0) is 70.7 Å². The first-order chi connectivity index (χ1) is 14.3. The summed E-state index contributed by atoms with van der Waals surface area (Å²) in [6.45, 7) is 4.04. The van der Waals surface area contributed by atoms with Crippen molar-refractivity contribution in [3.05, 3.63) is 40.6 Å². The van der Waals surface area contributed by atoms with E-state index < -0.39 is 0 Å². The fourth-order valence-electron chi connectivity index (χ4n) is 2.46. The molecule has 0 aromatic carbocycles. The number of unbranched alkanes of at least 4 members (excludes halogenated alkanes) is 3. The Kier molecular flexibility index (Phi) is 10.9. The molecule has 0 aliphatic carbocycles. The fraction of sp³-hybridized carbons (Fsp3) is 0.400. The summed E-state index contributed by atoms with van der Waals surface area (Å²) >= 11 is 10.1. The summed E-state index contributed by atoms with van der Waals surface area (Å²) in [5, 5.41) is 7.98. The molecule has 6 nitrogen and oxygen atoms in total. The topological polar surface area (TPSA) is 82.9 Å². The third kappa shape index (κ3) is 9.20. The molecule has 162 valence electrons. The molecule has 0 saturated heterocycles. The zero-order valence-corrected chi connectivity index (χ0v) is 21.6. The summed E-state index contributed by atoms with van der Waals surface area (Å²) in [4.78, 5) is 27.9. The number of amides is 2. The van der Waals surface area contributed by atoms with Gasteiger partial charge in [-0.2, -0.15) is 10.2 Å². The lowest BCUT2D eigenvalue weighted by Gasteiger charge is -2.01. The van der Waals surface area contributed by atoms with Crippen LogP contribution < -0.4 is 10.9 Å². The molecule has 10 heteroatoms. The summed E-state index contributed by atoms with van der Waals surface area (Å²) in [7, 11) is 0. The van der Waals surface area contributed by atoms with Crippen LogP contribution in [-0.4, -0.2) is 24.2 Å². The Morgan fingerprint density at radius 3 is 1.57 bits per heavy atom. The number of thiophene rings is 2. The van der Waals surface area contributed by atoms with Crippen LogP contribution in [-0.2, 0) is 9.59 Å². The Labute approximate surface area is 201 Å². The Morgan fingerprint density at radius 2 is 1.23 bits per heavy atom. The number of rotatable bonds is 11. The van der Waals surface area contributed by atoms with Crippen molar-refractivity contribution < 1.29 is 9.59 Å². The van der Waals surface area contributed by atoms with Gasteiger partial charge in [0.05, 0.1) is 12.4 Å². The van der Waals surface area contributed by atoms with Crippen LogP contribution in [0.4, 0.5) is 0 Å². The van der Waals surface area contributed by atoms with Crippen LogP contribution in [0.1, 0.15) is 58.0 Å². The van der Waals surface area contributed by atoms with Gasteiger partial charge in [-0.15, -0.1) is 22.7 Å². The van der Waals surface area contributed by atoms with E-state index in [9.17, 15) is 9.59 Å². The maximum Gasteiger partial charge on any atom is 0.240 e. The summed E-state index contributed by atoms with van der Waals surface area (Å²) in [6.07, 6.45) is 7.50. The van der Waals surface area contributed by atoms with Crippen molar-refractivity contribution in [2.24, 2.45) is 10.2 Å². The number of hydrogen-bond acceptors (Lipinski definition) is 6. The van der Waals surface area contributed by atoms with E-state index in [1.807, 2.05) is 26.0 Å². The third-order valence-electron chi connectivity index (χ3n) is 4.07. The molecule has 2 aromatic rings. The van der Waals surface area contributed by atoms with Crippen LogP contribution in [0.5, 0.6) is 0 Å². The molecule has 0 atom stereocenters. The van der Waals surface area contributed by atoms with Gasteiger partial charge < -0.3 is 0 Å². The smallest absolute Gasteiger partial charge is 0.240 e. The van der Waals surface area contributed by atoms with Crippen molar-refractivity contribution in [1.82, 2.24) is 10.9 Å². The first-order valence-electron chi connectivity index (χ1n) is 9.51. The summed E-state index contributed by atoms with van der Waals surface area (Å²) in [5.74, 6) is -0.192. The van der Waals surface area contributed by atoms with Gasteiger partial charge in [0, 0.05) is 41.3 Å². The molecule has 2 N–H and O–H groups in total. The zero-order valence-electron chi connectivity index (χ0n) is 16.8. The lowest BCUT2D eigenvalue weighted by Crippen LogP contribution is -2.17. The van der Waals surface area contributed by atoms with E-state index in [-0.39, 0.29) is 11.8 Å². The molecule has 0 radical (unpaired) electrons. The molecular formula is C20H24Br2N4O2S2. The summed E-state index contributed by atoms with van der Waals surface area (Å²) in [6, 6.07) is 3.94. The van der Waals surface area contributed by atoms with Gasteiger partial charge in [0.1, 0.15) is 0 Å². The Morgan fingerprint density at radius 1 is 0.833 bits per heavy atom. The number of aryl methyl sites for hydroxylation is 2. The Bertz CT molecular complexity index is 809. The van der Waals surface area contributed by atoms with Crippen LogP contribution >= 0.6 is 54.5 Å². The predicted octanol–water partition coefficient (Wildman–Crippen LogP) is 5.89. The first-order valence-corrected chi connectivity index (χ1v) is 12.7. The lowest BCUT2D eigenvalue weighted by molar-refractivity contribution is -0.122. The quantitative estimate of drug-likeness (QED) is 0.199. The van der Waals surface area contributed by atoms with Gasteiger partial charge in [-0.3, -0.25) is 9.59 Å². The zero-order chi connectivity index (χ0) is 21.9. The Hall–Kier alpha value is -1.36. The number of hydrogen-bond donors (Lipinski definition) is 2. The van der Waals surface area contributed by atoms with E-state index in [1.54, 1.807) is 35.1 Å². The van der Waals surface area contributed by atoms with Crippen molar-refractivity contribution in [2.75, 3.05) is 0 Å². The molecule has 2 amide bonds. The molecule has 30 heavy (non-hydrogen) atoms. The third-order valence-corrected chi connectivity index (χ3v) is 8.21. The van der Waals surface area contributed by atoms with E-state index in [1.165, 1.54) is 9.75 Å². The molecule has 0 spiro atoms. The van der Waals surface area contributed by atoms with E-state index in [2.05, 4.69) is 52.9 Å². The number of carbonyl (C=O) groups is 2. The van der Waals surface area contributed by atoms with E-state index in [0.717, 1.165) is 44.4 Å². The molecule has 0 fully saturated rings. The van der Waals surface area contributed by atoms with Gasteiger partial charge in [0.2, 0.25) is 11.8 Å². The maximum atomic E-state index is 11.8. The average Bonchev–Trinajstić information content (AvgIpc) is 3.18. The van der Waals surface area contributed by atoms with Crippen molar-refractivity contribution in [2.45, 2.75) is 52.4 Å². The van der Waals surface area contributed by atoms with Crippen molar-refractivity contribution in [3.63, 3.8) is 0 Å². The second-order valence-electron chi connectivity index (χ2n) is 6.61. The standard InChI is InChI=1S/C20H24Br2N4O2S2/c1-13-17(21)9-15(29-13)11-23-25-19(27)7-5-3-4-6-8-20(28)26-24-12-16-10-18(22)14(2)30-16/h9-12H,3-8H2,1-2H3,(H,25,27)(H,26,28)/b23-11-,24-12-. The van der Waals surface area contributed by atoms with Gasteiger partial charge in [0.15, 0.2) is 0 Å². The molecule has 2 heterocycles. The van der Waals surface area contributed by atoms with Gasteiger partial charge in [-0.1, -0.05) is 12.8 Å². The highest BCUT2D eigenvalue weighted by atomic mass is 79.9. The van der Waals surface area contributed by atoms with Gasteiger partial charge in [0.25, 0.3) is 0 Å². The molecule has 0 bridgehead atoms. The summed E-state index contributed by atoms with van der Waals surface area (Å²) < 4.78 is 2.10. The number of halogens is 2. The van der Waals surface area contributed by atoms with Crippen LogP contribution in [0.2, 0.25) is 0 Å². The normalized spacial score (nSPS) is 11.5. The molecule has 2 aromatic heterocycles. The highest BCUT2D eigenvalue weighted by Crippen LogP contribution is 2.25. The van der Waals surface area contributed by atoms with Gasteiger partial charge >= 0.3 is 0 Å². The maximum absolute atomic E-state index is 11.8. The monoisotopic (exact) mass is 574 g/mol. The highest BCUT2D eigenvalue weighted by molar-refractivity contribution is 9.10. The van der Waals surface area contributed by atoms with Crippen molar-refractivity contribution in [1.29, 1.82) is 0 Å². The Balaban J connectivity index is 1.50. The summed E-state index contributed by atoms with van der Waals surface area (Å²) in [5.41, 5.74) is 5.10. The number of nitrogens with one attached hydrogen (secondary N) is 2. The SMILES string of the molecule is Cc1sc(/C=N\NC(=O)CCCCCCC(=O)N/N=C\c2cc(Br)c(C)s2)cc1Br. The van der Waals surface area contributed by atoms with E-state index in [4.69, 9.17) is 0 Å². The van der Waals surface area contributed by atoms with Crippen LogP contribution in [0, 0.1) is 13.8 Å². The number of carbonyl (C=O) groups excluding carboxylic acids is 2. The largest absolute Gasteiger partial charge is 0.273 e. The van der Waals surface area contributed by atoms with Crippen LogP contribution in [0.15, 0.2) is 31.3 Å². The van der Waals surface area contributed by atoms with E-state index in [0.29, 0.717) is 12.8 Å². The molecule has 0 aliphatic rings. The van der Waals surface area contributed by atoms with Crippen molar-refractivity contribution >= 4 is 78.8 Å². The fourth-order valence-corrected chi connectivity index (χ4v) is 5.33. The lowest BCUT2D eigenvalue weighted by atomic mass is 10.1. The van der Waals surface area contributed by atoms with Gasteiger partial charge in [-0.25, -0.2) is 10.9 Å². The van der Waals surface area contributed by atoms with Crippen molar-refractivity contribution in [3.8, 4) is 0 Å². The first kappa shape index (κ1) is 24.9. The second-order valence-corrected chi connectivity index (χ2v) is 10.9.